The topological polar surface area (TPSA) is 98.5 Å². The molecule has 2 unspecified atom stereocenters. The van der Waals surface area contributed by atoms with Gasteiger partial charge in [0.15, 0.2) is 5.75 Å². The number of hydrogen-bond donors (Lipinski definition) is 1. The van der Waals surface area contributed by atoms with Gasteiger partial charge in [-0.3, -0.25) is 14.8 Å². The number of nitrogens with one attached hydrogen (secondary N) is 1. The summed E-state index contributed by atoms with van der Waals surface area (Å²) in [5.74, 6) is 1.37. The fourth-order valence-corrected chi connectivity index (χ4v) is 4.07. The number of nitrogens with zero attached hydrogens (tertiary/aromatic N) is 1. The Kier molecular flexibility index (Phi) is 3.72. The average molecular weight is 326 g/mol. The Morgan fingerprint density at radius 3 is 2.64 bits per heavy atom. The van der Waals surface area contributed by atoms with Gasteiger partial charge in [0.25, 0.3) is 5.69 Å². The van der Waals surface area contributed by atoms with Crippen molar-refractivity contribution in [1.29, 1.82) is 0 Å². The first-order chi connectivity index (χ1) is 10.3. The maximum Gasteiger partial charge on any atom is 0.273 e. The van der Waals surface area contributed by atoms with Crippen molar-refractivity contribution in [3.8, 4) is 5.75 Å². The van der Waals surface area contributed by atoms with Gasteiger partial charge in [-0.2, -0.15) is 0 Å². The molecule has 0 aliphatic heterocycles. The molecule has 2 bridgehead atoms. The number of fused-ring (bicyclic) bond motifs is 2. The van der Waals surface area contributed by atoms with Crippen LogP contribution < -0.4 is 9.46 Å². The third kappa shape index (κ3) is 3.16. The van der Waals surface area contributed by atoms with Crippen LogP contribution in [0.3, 0.4) is 0 Å². The fourth-order valence-electron chi connectivity index (χ4n) is 3.50. The van der Waals surface area contributed by atoms with E-state index in [0.717, 1.165) is 25.5 Å². The average Bonchev–Trinajstić information content (AvgIpc) is 3.01. The predicted octanol–water partition coefficient (Wildman–Crippen LogP) is 2.53. The second kappa shape index (κ2) is 5.42. The summed E-state index contributed by atoms with van der Waals surface area (Å²) in [4.78, 5) is 10.4. The Hall–Kier alpha value is -1.83. The number of ether oxygens (including phenoxy) is 1. The third-order valence-corrected chi connectivity index (χ3v) is 5.01. The monoisotopic (exact) mass is 326 g/mol. The molecule has 22 heavy (non-hydrogen) atoms. The Labute approximate surface area is 128 Å². The van der Waals surface area contributed by atoms with Crippen molar-refractivity contribution in [2.24, 2.45) is 11.8 Å². The minimum atomic E-state index is -3.48. The lowest BCUT2D eigenvalue weighted by Gasteiger charge is -2.24. The summed E-state index contributed by atoms with van der Waals surface area (Å²) in [6.45, 7) is 0. The number of sulfonamides is 1. The van der Waals surface area contributed by atoms with Crippen LogP contribution in [0.5, 0.6) is 5.75 Å². The van der Waals surface area contributed by atoms with Crippen LogP contribution in [0.25, 0.3) is 0 Å². The zero-order chi connectivity index (χ0) is 15.9. The largest absolute Gasteiger partial charge is 0.488 e. The lowest BCUT2D eigenvalue weighted by Crippen LogP contribution is -2.24. The van der Waals surface area contributed by atoms with Crippen molar-refractivity contribution in [1.82, 2.24) is 0 Å². The molecular formula is C14H18N2O5S. The normalized spacial score (nSPS) is 26.9. The van der Waals surface area contributed by atoms with Gasteiger partial charge in [-0.15, -0.1) is 0 Å². The van der Waals surface area contributed by atoms with Gasteiger partial charge in [-0.25, -0.2) is 8.42 Å². The van der Waals surface area contributed by atoms with Gasteiger partial charge >= 0.3 is 0 Å². The molecule has 2 aliphatic rings. The third-order valence-electron chi connectivity index (χ3n) is 4.42. The highest BCUT2D eigenvalue weighted by Crippen LogP contribution is 2.47. The van der Waals surface area contributed by atoms with Gasteiger partial charge < -0.3 is 4.74 Å². The van der Waals surface area contributed by atoms with Gasteiger partial charge in [-0.1, -0.05) is 0 Å². The Balaban J connectivity index is 1.88. The van der Waals surface area contributed by atoms with Crippen molar-refractivity contribution in [2.75, 3.05) is 11.0 Å². The van der Waals surface area contributed by atoms with Crippen LogP contribution in [0, 0.1) is 22.0 Å². The molecular weight excluding hydrogens is 308 g/mol. The molecule has 2 aliphatic carbocycles. The second-order valence-corrected chi connectivity index (χ2v) is 7.89. The summed E-state index contributed by atoms with van der Waals surface area (Å²) < 4.78 is 31.2. The molecule has 1 aromatic rings. The van der Waals surface area contributed by atoms with Crippen molar-refractivity contribution >= 4 is 21.4 Å². The lowest BCUT2D eigenvalue weighted by molar-refractivity contribution is -0.384. The van der Waals surface area contributed by atoms with Crippen LogP contribution in [0.1, 0.15) is 25.7 Å². The van der Waals surface area contributed by atoms with E-state index in [4.69, 9.17) is 4.74 Å². The summed E-state index contributed by atoms with van der Waals surface area (Å²) in [5.41, 5.74) is 0.132. The standard InChI is InChI=1S/C14H18N2O5S/c1-22(19,20)15-12-5-4-11(16(17)18)8-14(12)21-13-7-9-2-3-10(13)6-9/h4-5,8-10,13,15H,2-3,6-7H2,1H3/t9?,10?,13-/m0/s1. The van der Waals surface area contributed by atoms with Crippen LogP contribution in [-0.4, -0.2) is 25.7 Å². The van der Waals surface area contributed by atoms with Crippen molar-refractivity contribution in [3.63, 3.8) is 0 Å². The molecule has 1 N–H and O–H groups in total. The smallest absolute Gasteiger partial charge is 0.273 e. The quantitative estimate of drug-likeness (QED) is 0.662. The molecule has 3 atom stereocenters. The van der Waals surface area contributed by atoms with E-state index in [0.29, 0.717) is 11.8 Å². The first-order valence-electron chi connectivity index (χ1n) is 7.25. The van der Waals surface area contributed by atoms with E-state index in [1.807, 2.05) is 0 Å². The highest BCUT2D eigenvalue weighted by Gasteiger charge is 2.41. The van der Waals surface area contributed by atoms with Crippen molar-refractivity contribution in [2.45, 2.75) is 31.8 Å². The summed E-state index contributed by atoms with van der Waals surface area (Å²) in [6.07, 6.45) is 5.45. The summed E-state index contributed by atoms with van der Waals surface area (Å²) in [7, 11) is -3.48. The fraction of sp³-hybridized carbons (Fsp3) is 0.571. The molecule has 0 spiro atoms. The minimum Gasteiger partial charge on any atom is -0.488 e. The highest BCUT2D eigenvalue weighted by atomic mass is 32.2. The van der Waals surface area contributed by atoms with Gasteiger partial charge in [0.2, 0.25) is 10.0 Å². The first kappa shape index (κ1) is 15.1. The predicted molar refractivity (Wildman–Crippen MR) is 81.4 cm³/mol. The first-order valence-corrected chi connectivity index (χ1v) is 9.14. The van der Waals surface area contributed by atoms with Gasteiger partial charge in [0.05, 0.1) is 22.9 Å². The van der Waals surface area contributed by atoms with E-state index in [-0.39, 0.29) is 23.2 Å². The van der Waals surface area contributed by atoms with Crippen LogP contribution in [0.15, 0.2) is 18.2 Å². The highest BCUT2D eigenvalue weighted by molar-refractivity contribution is 7.92. The molecule has 3 rings (SSSR count). The molecule has 8 heteroatoms. The van der Waals surface area contributed by atoms with Crippen LogP contribution in [-0.2, 0) is 10.0 Å². The molecule has 7 nitrogen and oxygen atoms in total. The van der Waals surface area contributed by atoms with Crippen molar-refractivity contribution < 1.29 is 18.1 Å². The molecule has 1 aromatic carbocycles. The van der Waals surface area contributed by atoms with Crippen LogP contribution in [0.4, 0.5) is 11.4 Å². The minimum absolute atomic E-state index is 0.0147. The van der Waals surface area contributed by atoms with E-state index < -0.39 is 14.9 Å². The van der Waals surface area contributed by atoms with E-state index in [1.165, 1.54) is 24.6 Å². The van der Waals surface area contributed by atoms with Crippen molar-refractivity contribution in [3.05, 3.63) is 28.3 Å². The molecule has 120 valence electrons. The van der Waals surface area contributed by atoms with Crippen LogP contribution in [0.2, 0.25) is 0 Å². The number of benzene rings is 1. The Morgan fingerprint density at radius 1 is 1.32 bits per heavy atom. The van der Waals surface area contributed by atoms with Gasteiger partial charge in [-0.05, 0) is 43.6 Å². The second-order valence-electron chi connectivity index (χ2n) is 6.14. The zero-order valence-corrected chi connectivity index (χ0v) is 13.0. The number of nitro groups is 1. The molecule has 0 amide bonds. The van der Waals surface area contributed by atoms with Crippen LogP contribution >= 0.6 is 0 Å². The molecule has 2 fully saturated rings. The van der Waals surface area contributed by atoms with E-state index in [1.54, 1.807) is 0 Å². The molecule has 0 heterocycles. The number of hydrogen-bond acceptors (Lipinski definition) is 5. The SMILES string of the molecule is CS(=O)(=O)Nc1ccc([N+](=O)[O-])cc1O[C@H]1CC2CCC1C2. The molecule has 0 radical (unpaired) electrons. The summed E-state index contributed by atoms with van der Waals surface area (Å²) in [6, 6.07) is 3.93. The molecule has 0 aromatic heterocycles. The van der Waals surface area contributed by atoms with E-state index in [2.05, 4.69) is 4.72 Å². The number of non-ortho nitro benzene ring substituents is 1. The maximum atomic E-state index is 11.4. The van der Waals surface area contributed by atoms with E-state index in [9.17, 15) is 18.5 Å². The molecule has 0 saturated heterocycles. The number of nitro benzene ring substituents is 1. The lowest BCUT2D eigenvalue weighted by atomic mass is 9.98. The number of anilines is 1. The Morgan fingerprint density at radius 2 is 2.09 bits per heavy atom. The summed E-state index contributed by atoms with van der Waals surface area (Å²) >= 11 is 0. The van der Waals surface area contributed by atoms with E-state index >= 15 is 0 Å². The zero-order valence-electron chi connectivity index (χ0n) is 12.2. The number of rotatable bonds is 5. The maximum absolute atomic E-state index is 11.4. The summed E-state index contributed by atoms with van der Waals surface area (Å²) in [5, 5.41) is 10.9. The van der Waals surface area contributed by atoms with Gasteiger partial charge in [0, 0.05) is 6.07 Å². The Bertz CT molecular complexity index is 703. The molecule has 2 saturated carbocycles. The van der Waals surface area contributed by atoms with Gasteiger partial charge in [0.1, 0.15) is 6.10 Å².